The van der Waals surface area contributed by atoms with Crippen LogP contribution in [0, 0.1) is 6.92 Å². The molecule has 0 unspecified atom stereocenters. The minimum absolute atomic E-state index is 0.0367. The third kappa shape index (κ3) is 5.30. The second-order valence-corrected chi connectivity index (χ2v) is 6.79. The second-order valence-electron chi connectivity index (χ2n) is 6.79. The van der Waals surface area contributed by atoms with E-state index >= 15 is 0 Å². The van der Waals surface area contributed by atoms with E-state index in [1.807, 2.05) is 63.2 Å². The highest BCUT2D eigenvalue weighted by atomic mass is 16.5. The summed E-state index contributed by atoms with van der Waals surface area (Å²) in [6.07, 6.45) is 0.140. The van der Waals surface area contributed by atoms with Gasteiger partial charge < -0.3 is 15.4 Å². The molecule has 0 spiro atoms. The molecule has 3 rings (SSSR count). The Morgan fingerprint density at radius 3 is 2.14 bits per heavy atom. The van der Waals surface area contributed by atoms with Crippen molar-refractivity contribution in [3.05, 3.63) is 65.9 Å². The molecule has 0 amide bonds. The predicted molar refractivity (Wildman–Crippen MR) is 112 cm³/mol. The van der Waals surface area contributed by atoms with Crippen molar-refractivity contribution < 1.29 is 9.53 Å². The number of hydrogen-bond acceptors (Lipinski definition) is 6. The molecule has 2 aromatic carbocycles. The van der Waals surface area contributed by atoms with E-state index in [9.17, 15) is 4.79 Å². The molecule has 2 N–H and O–H groups in total. The number of anilines is 4. The molecule has 0 atom stereocenters. The molecule has 1 heterocycles. The maximum absolute atomic E-state index is 11.4. The van der Waals surface area contributed by atoms with E-state index in [0.29, 0.717) is 17.3 Å². The van der Waals surface area contributed by atoms with Crippen molar-refractivity contribution in [2.75, 3.05) is 10.6 Å². The Morgan fingerprint density at radius 2 is 1.54 bits per heavy atom. The van der Waals surface area contributed by atoms with E-state index in [1.54, 1.807) is 19.1 Å². The van der Waals surface area contributed by atoms with Crippen LogP contribution in [0.2, 0.25) is 0 Å². The first-order chi connectivity index (χ1) is 13.4. The number of hydrogen-bond donors (Lipinski definition) is 2. The summed E-state index contributed by atoms with van der Waals surface area (Å²) in [5, 5.41) is 6.46. The lowest BCUT2D eigenvalue weighted by Gasteiger charge is -2.12. The van der Waals surface area contributed by atoms with Crippen LogP contribution in [0.1, 0.15) is 36.8 Å². The zero-order chi connectivity index (χ0) is 20.1. The molecule has 28 heavy (non-hydrogen) atoms. The van der Waals surface area contributed by atoms with Crippen LogP contribution in [0.25, 0.3) is 0 Å². The molecule has 144 valence electrons. The van der Waals surface area contributed by atoms with Crippen LogP contribution >= 0.6 is 0 Å². The fourth-order valence-electron chi connectivity index (χ4n) is 2.64. The Hall–Kier alpha value is -3.41. The van der Waals surface area contributed by atoms with E-state index in [4.69, 9.17) is 4.74 Å². The minimum atomic E-state index is 0.0367. The number of nitrogens with one attached hydrogen (secondary N) is 2. The fourth-order valence-corrected chi connectivity index (χ4v) is 2.64. The quantitative estimate of drug-likeness (QED) is 0.548. The van der Waals surface area contributed by atoms with E-state index < -0.39 is 0 Å². The van der Waals surface area contributed by atoms with E-state index in [2.05, 4.69) is 20.6 Å². The first-order valence-electron chi connectivity index (χ1n) is 9.16. The predicted octanol–water partition coefficient (Wildman–Crippen LogP) is 5.26. The first-order valence-corrected chi connectivity index (χ1v) is 9.16. The average molecular weight is 376 g/mol. The van der Waals surface area contributed by atoms with Gasteiger partial charge in [0.2, 0.25) is 5.95 Å². The number of nitrogens with zero attached hydrogens (tertiary/aromatic N) is 2. The van der Waals surface area contributed by atoms with Crippen LogP contribution in [0.4, 0.5) is 23.1 Å². The Morgan fingerprint density at radius 1 is 0.929 bits per heavy atom. The van der Waals surface area contributed by atoms with Gasteiger partial charge in [-0.15, -0.1) is 0 Å². The number of aromatic nitrogens is 2. The van der Waals surface area contributed by atoms with Crippen LogP contribution < -0.4 is 15.4 Å². The van der Waals surface area contributed by atoms with Gasteiger partial charge in [0.15, 0.2) is 5.78 Å². The highest BCUT2D eigenvalue weighted by molar-refractivity contribution is 5.94. The maximum atomic E-state index is 11.4. The fraction of sp³-hybridized carbons (Fsp3) is 0.227. The number of carbonyl (C=O) groups excluding carboxylic acids is 1. The molecule has 0 aliphatic carbocycles. The molecular weight excluding hydrogens is 352 g/mol. The van der Waals surface area contributed by atoms with Crippen LogP contribution in [0.15, 0.2) is 54.6 Å². The molecular formula is C22H24N4O2. The zero-order valence-electron chi connectivity index (χ0n) is 16.5. The minimum Gasteiger partial charge on any atom is -0.491 e. The summed E-state index contributed by atoms with van der Waals surface area (Å²) in [6, 6.07) is 16.8. The Bertz CT molecular complexity index is 951. The standard InChI is InChI=1S/C22H24N4O2/c1-14(2)28-20-11-9-18(10-12-20)24-21-13-15(3)23-22(26-21)25-19-7-5-17(6-8-19)16(4)27/h5-14H,1-4H3,(H2,23,24,25,26). The van der Waals surface area contributed by atoms with E-state index in [0.717, 1.165) is 22.8 Å². The lowest BCUT2D eigenvalue weighted by Crippen LogP contribution is -2.05. The van der Waals surface area contributed by atoms with Gasteiger partial charge in [-0.05, 0) is 76.2 Å². The third-order valence-electron chi connectivity index (χ3n) is 3.90. The molecule has 0 aliphatic heterocycles. The van der Waals surface area contributed by atoms with Gasteiger partial charge in [0.05, 0.1) is 6.10 Å². The monoisotopic (exact) mass is 376 g/mol. The van der Waals surface area contributed by atoms with Crippen molar-refractivity contribution >= 4 is 28.9 Å². The van der Waals surface area contributed by atoms with Gasteiger partial charge in [-0.3, -0.25) is 4.79 Å². The molecule has 0 bridgehead atoms. The number of benzene rings is 2. The number of rotatable bonds is 7. The molecule has 0 saturated carbocycles. The summed E-state index contributed by atoms with van der Waals surface area (Å²) in [7, 11) is 0. The summed E-state index contributed by atoms with van der Waals surface area (Å²) >= 11 is 0. The summed E-state index contributed by atoms with van der Waals surface area (Å²) in [4.78, 5) is 20.3. The molecule has 0 radical (unpaired) electrons. The molecule has 0 fully saturated rings. The van der Waals surface area contributed by atoms with Crippen molar-refractivity contribution in [3.63, 3.8) is 0 Å². The largest absolute Gasteiger partial charge is 0.491 e. The van der Waals surface area contributed by atoms with Crippen LogP contribution in [-0.2, 0) is 0 Å². The average Bonchev–Trinajstić information content (AvgIpc) is 2.63. The van der Waals surface area contributed by atoms with Crippen LogP contribution in [0.5, 0.6) is 5.75 Å². The molecule has 1 aromatic heterocycles. The Labute approximate surface area is 165 Å². The number of carbonyl (C=O) groups is 1. The number of aryl methyl sites for hydroxylation is 1. The third-order valence-corrected chi connectivity index (χ3v) is 3.90. The van der Waals surface area contributed by atoms with Crippen molar-refractivity contribution in [1.29, 1.82) is 0 Å². The topological polar surface area (TPSA) is 76.1 Å². The van der Waals surface area contributed by atoms with Crippen molar-refractivity contribution in [1.82, 2.24) is 9.97 Å². The molecule has 3 aromatic rings. The Balaban J connectivity index is 1.73. The molecule has 6 heteroatoms. The summed E-state index contributed by atoms with van der Waals surface area (Å²) in [6.45, 7) is 7.46. The normalized spacial score (nSPS) is 10.6. The van der Waals surface area contributed by atoms with Gasteiger partial charge in [-0.2, -0.15) is 4.98 Å². The Kier molecular flexibility index (Phi) is 5.89. The van der Waals surface area contributed by atoms with E-state index in [1.165, 1.54) is 0 Å². The van der Waals surface area contributed by atoms with E-state index in [-0.39, 0.29) is 11.9 Å². The van der Waals surface area contributed by atoms with Crippen LogP contribution in [0.3, 0.4) is 0 Å². The van der Waals surface area contributed by atoms with Gasteiger partial charge in [0.1, 0.15) is 11.6 Å². The number of Topliss-reactive ketones (excluding diaryl/α,β-unsaturated/α-hetero) is 1. The van der Waals surface area contributed by atoms with Crippen molar-refractivity contribution in [2.45, 2.75) is 33.8 Å². The van der Waals surface area contributed by atoms with Crippen molar-refractivity contribution in [3.8, 4) is 5.75 Å². The van der Waals surface area contributed by atoms with Gasteiger partial charge in [-0.25, -0.2) is 4.98 Å². The summed E-state index contributed by atoms with van der Waals surface area (Å²) in [5.41, 5.74) is 3.23. The van der Waals surface area contributed by atoms with Gasteiger partial charge in [-0.1, -0.05) is 0 Å². The summed E-state index contributed by atoms with van der Waals surface area (Å²) < 4.78 is 5.66. The highest BCUT2D eigenvalue weighted by Gasteiger charge is 2.05. The first kappa shape index (κ1) is 19.4. The smallest absolute Gasteiger partial charge is 0.229 e. The summed E-state index contributed by atoms with van der Waals surface area (Å²) in [5.74, 6) is 2.04. The zero-order valence-corrected chi connectivity index (χ0v) is 16.5. The molecule has 0 saturated heterocycles. The van der Waals surface area contributed by atoms with Gasteiger partial charge in [0.25, 0.3) is 0 Å². The van der Waals surface area contributed by atoms with Gasteiger partial charge >= 0.3 is 0 Å². The molecule has 0 aliphatic rings. The SMILES string of the molecule is CC(=O)c1ccc(Nc2nc(C)cc(Nc3ccc(OC(C)C)cc3)n2)cc1. The number of ketones is 1. The second kappa shape index (κ2) is 8.52. The lowest BCUT2D eigenvalue weighted by atomic mass is 10.1. The lowest BCUT2D eigenvalue weighted by molar-refractivity contribution is 0.101. The van der Waals surface area contributed by atoms with Crippen LogP contribution in [-0.4, -0.2) is 21.9 Å². The molecule has 6 nitrogen and oxygen atoms in total. The van der Waals surface area contributed by atoms with Gasteiger partial charge in [0, 0.05) is 28.7 Å². The maximum Gasteiger partial charge on any atom is 0.229 e. The number of ether oxygens (including phenoxy) is 1. The highest BCUT2D eigenvalue weighted by Crippen LogP contribution is 2.22. The van der Waals surface area contributed by atoms with Crippen molar-refractivity contribution in [2.24, 2.45) is 0 Å².